The van der Waals surface area contributed by atoms with Crippen molar-refractivity contribution in [2.45, 2.75) is 63.7 Å². The molecule has 2 bridgehead atoms. The zero-order chi connectivity index (χ0) is 28.9. The van der Waals surface area contributed by atoms with Crippen LogP contribution in [0.3, 0.4) is 0 Å². The number of halogens is 3. The first-order valence-corrected chi connectivity index (χ1v) is 16.2. The molecule has 0 spiro atoms. The molecule has 2 heterocycles. The molecular formula is C29H30Cl2FN3O5S. The largest absolute Gasteiger partial charge is 0.373 e. The number of fused-ring (bicyclic) bond motifs is 2. The molecule has 2 saturated carbocycles. The van der Waals surface area contributed by atoms with Crippen molar-refractivity contribution in [3.8, 4) is 11.3 Å². The quantitative estimate of drug-likeness (QED) is 0.283. The van der Waals surface area contributed by atoms with Gasteiger partial charge in [0.2, 0.25) is 10.0 Å². The summed E-state index contributed by atoms with van der Waals surface area (Å²) in [5.41, 5.74) is 2.49. The van der Waals surface area contributed by atoms with Gasteiger partial charge >= 0.3 is 0 Å². The Morgan fingerprint density at radius 3 is 2.59 bits per heavy atom. The molecule has 1 aliphatic heterocycles. The zero-order valence-corrected chi connectivity index (χ0v) is 24.7. The molecule has 2 aliphatic carbocycles. The Bertz CT molecular complexity index is 1570. The van der Waals surface area contributed by atoms with E-state index in [0.717, 1.165) is 43.1 Å². The Morgan fingerprint density at radius 1 is 1.20 bits per heavy atom. The van der Waals surface area contributed by atoms with E-state index in [-0.39, 0.29) is 29.4 Å². The summed E-state index contributed by atoms with van der Waals surface area (Å²) in [6.07, 6.45) is 4.04. The molecular weight excluding hydrogens is 592 g/mol. The van der Waals surface area contributed by atoms with Crippen molar-refractivity contribution in [1.82, 2.24) is 9.88 Å². The van der Waals surface area contributed by atoms with Gasteiger partial charge in [-0.3, -0.25) is 4.79 Å². The number of aromatic nitrogens is 1. The maximum absolute atomic E-state index is 15.2. The summed E-state index contributed by atoms with van der Waals surface area (Å²) in [4.78, 5) is 14.4. The second-order valence-corrected chi connectivity index (χ2v) is 13.7. The summed E-state index contributed by atoms with van der Waals surface area (Å²) in [6, 6.07) is 9.53. The Morgan fingerprint density at radius 2 is 1.95 bits per heavy atom. The Kier molecular flexibility index (Phi) is 7.78. The number of anilines is 1. The van der Waals surface area contributed by atoms with Gasteiger partial charge in [-0.2, -0.15) is 0 Å². The van der Waals surface area contributed by atoms with Crippen LogP contribution in [0.4, 0.5) is 10.1 Å². The third kappa shape index (κ3) is 5.71. The topological polar surface area (TPSA) is 102 Å². The molecule has 1 aromatic heterocycles. The van der Waals surface area contributed by atoms with Crippen molar-refractivity contribution in [3.05, 3.63) is 69.1 Å². The summed E-state index contributed by atoms with van der Waals surface area (Å²) in [6.45, 7) is 2.63. The monoisotopic (exact) mass is 621 g/mol. The van der Waals surface area contributed by atoms with Gasteiger partial charge in [-0.15, -0.1) is 0 Å². The number of rotatable bonds is 10. The van der Waals surface area contributed by atoms with Crippen LogP contribution in [0.25, 0.3) is 11.3 Å². The fraction of sp³-hybridized carbons (Fsp3) is 0.448. The SMILES string of the molecule is CCCS(=O)(=O)NC(=O)c1ccc(N2C[C@@H]3C[C@H]2C[C@H]3OCc2c(-c3c(Cl)cccc3Cl)noc2C2CC2)c(F)c1. The minimum Gasteiger partial charge on any atom is -0.373 e. The van der Waals surface area contributed by atoms with Crippen molar-refractivity contribution >= 4 is 44.8 Å². The summed E-state index contributed by atoms with van der Waals surface area (Å²) in [7, 11) is -3.75. The van der Waals surface area contributed by atoms with Gasteiger partial charge in [0, 0.05) is 41.1 Å². The normalized spacial score (nSPS) is 22.0. The highest BCUT2D eigenvalue weighted by Crippen LogP contribution is 2.47. The van der Waals surface area contributed by atoms with Crippen molar-refractivity contribution in [2.75, 3.05) is 17.2 Å². The molecule has 3 aromatic rings. The van der Waals surface area contributed by atoms with Crippen molar-refractivity contribution in [2.24, 2.45) is 5.92 Å². The highest BCUT2D eigenvalue weighted by atomic mass is 35.5. The highest BCUT2D eigenvalue weighted by Gasteiger charge is 2.46. The van der Waals surface area contributed by atoms with Crippen LogP contribution in [0.15, 0.2) is 40.9 Å². The number of carbonyl (C=O) groups is 1. The van der Waals surface area contributed by atoms with Gasteiger partial charge in [0.05, 0.1) is 34.2 Å². The first-order valence-electron chi connectivity index (χ1n) is 13.8. The number of amides is 1. The molecule has 0 unspecified atom stereocenters. The summed E-state index contributed by atoms with van der Waals surface area (Å²) in [5.74, 6) is -0.209. The van der Waals surface area contributed by atoms with Gasteiger partial charge in [-0.1, -0.05) is 41.3 Å². The van der Waals surface area contributed by atoms with E-state index in [1.165, 1.54) is 6.07 Å². The lowest BCUT2D eigenvalue weighted by Gasteiger charge is -2.33. The van der Waals surface area contributed by atoms with E-state index in [4.69, 9.17) is 32.5 Å². The highest BCUT2D eigenvalue weighted by molar-refractivity contribution is 7.90. The van der Waals surface area contributed by atoms with Crippen LogP contribution in [0.2, 0.25) is 10.0 Å². The standard InChI is InChI=1S/C29H30Cl2FN3O5S/c1-2-10-41(37,38)34-29(36)17-8-9-24(23(32)12-17)35-14-18-11-19(35)13-25(18)39-15-20-27(33-40-28(20)16-6-7-16)26-21(30)4-3-5-22(26)31/h3-5,8-9,12,16,18-19,25H,2,6-7,10-11,13-15H2,1H3,(H,34,36)/t18-,19-,25+/m0/s1. The second kappa shape index (κ2) is 11.2. The smallest absolute Gasteiger partial charge is 0.264 e. The van der Waals surface area contributed by atoms with Crippen LogP contribution in [-0.2, 0) is 21.4 Å². The molecule has 218 valence electrons. The molecule has 1 N–H and O–H groups in total. The molecule has 8 nitrogen and oxygen atoms in total. The lowest BCUT2D eigenvalue weighted by atomic mass is 10.0. The predicted molar refractivity (Wildman–Crippen MR) is 154 cm³/mol. The maximum atomic E-state index is 15.2. The number of carbonyl (C=O) groups excluding carboxylic acids is 1. The van der Waals surface area contributed by atoms with Gasteiger partial charge in [-0.25, -0.2) is 17.5 Å². The lowest BCUT2D eigenvalue weighted by Crippen LogP contribution is -2.39. The molecule has 12 heteroatoms. The Labute approximate surface area is 248 Å². The average molecular weight is 623 g/mol. The van der Waals surface area contributed by atoms with E-state index in [1.54, 1.807) is 31.2 Å². The van der Waals surface area contributed by atoms with E-state index in [2.05, 4.69) is 5.16 Å². The molecule has 2 aromatic carbocycles. The van der Waals surface area contributed by atoms with Gasteiger partial charge < -0.3 is 14.2 Å². The molecule has 1 amide bonds. The molecule has 6 rings (SSSR count). The Hall–Kier alpha value is -2.66. The fourth-order valence-corrected chi connectivity index (χ4v) is 7.66. The van der Waals surface area contributed by atoms with Crippen LogP contribution >= 0.6 is 23.2 Å². The zero-order valence-electron chi connectivity index (χ0n) is 22.4. The van der Waals surface area contributed by atoms with Crippen LogP contribution in [0.5, 0.6) is 0 Å². The molecule has 3 fully saturated rings. The Balaban J connectivity index is 1.13. The first-order chi connectivity index (χ1) is 19.6. The van der Waals surface area contributed by atoms with Gasteiger partial charge in [0.15, 0.2) is 0 Å². The molecule has 0 radical (unpaired) electrons. The molecule has 41 heavy (non-hydrogen) atoms. The van der Waals surface area contributed by atoms with Crippen molar-refractivity contribution < 1.29 is 26.9 Å². The minimum atomic E-state index is -3.75. The van der Waals surface area contributed by atoms with Gasteiger partial charge in [0.25, 0.3) is 5.91 Å². The number of hydrogen-bond acceptors (Lipinski definition) is 7. The van der Waals surface area contributed by atoms with Crippen molar-refractivity contribution in [1.29, 1.82) is 0 Å². The van der Waals surface area contributed by atoms with Gasteiger partial charge in [0.1, 0.15) is 17.3 Å². The minimum absolute atomic E-state index is 0.00958. The second-order valence-electron chi connectivity index (χ2n) is 11.0. The number of nitrogens with one attached hydrogen (secondary N) is 1. The fourth-order valence-electron chi connectivity index (χ4n) is 6.05. The number of piperidine rings is 1. The van der Waals surface area contributed by atoms with E-state index in [1.807, 2.05) is 9.62 Å². The first kappa shape index (κ1) is 28.5. The number of benzene rings is 2. The summed E-state index contributed by atoms with van der Waals surface area (Å²) in [5, 5.41) is 5.33. The van der Waals surface area contributed by atoms with Crippen LogP contribution < -0.4 is 9.62 Å². The van der Waals surface area contributed by atoms with E-state index >= 15 is 4.39 Å². The third-order valence-corrected chi connectivity index (χ3v) is 10.2. The van der Waals surface area contributed by atoms with Crippen LogP contribution in [-0.4, -0.2) is 43.9 Å². The predicted octanol–water partition coefficient (Wildman–Crippen LogP) is 6.32. The summed E-state index contributed by atoms with van der Waals surface area (Å²) < 4.78 is 53.2. The van der Waals surface area contributed by atoms with E-state index < -0.39 is 21.7 Å². The molecule has 3 atom stereocenters. The van der Waals surface area contributed by atoms with Gasteiger partial charge in [-0.05, 0) is 62.4 Å². The number of ether oxygens (including phenoxy) is 1. The number of sulfonamides is 1. The van der Waals surface area contributed by atoms with Crippen LogP contribution in [0.1, 0.15) is 66.6 Å². The average Bonchev–Trinajstić information content (AvgIpc) is 3.37. The van der Waals surface area contributed by atoms with Crippen molar-refractivity contribution in [3.63, 3.8) is 0 Å². The lowest BCUT2D eigenvalue weighted by molar-refractivity contribution is 0.0122. The number of hydrogen-bond donors (Lipinski definition) is 1. The summed E-state index contributed by atoms with van der Waals surface area (Å²) >= 11 is 13.0. The van der Waals surface area contributed by atoms with E-state index in [9.17, 15) is 13.2 Å². The molecule has 3 aliphatic rings. The van der Waals surface area contributed by atoms with Crippen LogP contribution in [0, 0.1) is 11.7 Å². The maximum Gasteiger partial charge on any atom is 0.264 e. The van der Waals surface area contributed by atoms with E-state index in [0.29, 0.717) is 52.5 Å². The molecule has 1 saturated heterocycles. The number of nitrogens with zero attached hydrogens (tertiary/aromatic N) is 2. The third-order valence-electron chi connectivity index (χ3n) is 8.13.